The number of aliphatic hydroxyl groups excluding tert-OH is 1. The molecule has 1 atom stereocenters. The number of amides is 1. The van der Waals surface area contributed by atoms with Gasteiger partial charge in [-0.25, -0.2) is 0 Å². The van der Waals surface area contributed by atoms with Crippen LogP contribution in [0.25, 0.3) is 0 Å². The van der Waals surface area contributed by atoms with Crippen molar-refractivity contribution in [3.05, 3.63) is 0 Å². The Balaban J connectivity index is 2.39. The van der Waals surface area contributed by atoms with Gasteiger partial charge in [0.05, 0.1) is 6.10 Å². The Kier molecular flexibility index (Phi) is 3.09. The summed E-state index contributed by atoms with van der Waals surface area (Å²) in [5.74, 6) is 0.153. The molecule has 1 fully saturated rings. The number of aliphatic hydroxyl groups is 1. The van der Waals surface area contributed by atoms with Crippen molar-refractivity contribution in [2.75, 3.05) is 0 Å². The van der Waals surface area contributed by atoms with Gasteiger partial charge in [0, 0.05) is 5.92 Å². The van der Waals surface area contributed by atoms with E-state index in [-0.39, 0.29) is 17.9 Å². The first-order valence-corrected chi connectivity index (χ1v) is 4.58. The average molecular weight is 171 g/mol. The van der Waals surface area contributed by atoms with Gasteiger partial charge in [0.15, 0.2) is 0 Å². The third-order valence-corrected chi connectivity index (χ3v) is 2.90. The van der Waals surface area contributed by atoms with Crippen molar-refractivity contribution in [1.82, 2.24) is 0 Å². The molecule has 0 aromatic rings. The highest BCUT2D eigenvalue weighted by molar-refractivity contribution is 5.76. The number of primary amides is 1. The molecule has 0 aromatic heterocycles. The number of hydrogen-bond donors (Lipinski definition) is 2. The fourth-order valence-electron chi connectivity index (χ4n) is 1.83. The molecule has 3 heteroatoms. The SMILES string of the molecule is CC(C(N)=O)[C@H]1CC[C@H](O)CC1. The highest BCUT2D eigenvalue weighted by atomic mass is 16.3. The van der Waals surface area contributed by atoms with Crippen LogP contribution in [-0.4, -0.2) is 17.1 Å². The van der Waals surface area contributed by atoms with Crippen LogP contribution in [0.2, 0.25) is 0 Å². The molecule has 0 aliphatic heterocycles. The van der Waals surface area contributed by atoms with Gasteiger partial charge in [-0.1, -0.05) is 6.92 Å². The fourth-order valence-corrected chi connectivity index (χ4v) is 1.83. The van der Waals surface area contributed by atoms with E-state index in [0.717, 1.165) is 25.7 Å². The smallest absolute Gasteiger partial charge is 0.220 e. The summed E-state index contributed by atoms with van der Waals surface area (Å²) in [7, 11) is 0. The molecule has 1 rings (SSSR count). The minimum atomic E-state index is -0.212. The first kappa shape index (κ1) is 9.52. The van der Waals surface area contributed by atoms with Crippen LogP contribution in [0.5, 0.6) is 0 Å². The van der Waals surface area contributed by atoms with Crippen LogP contribution in [-0.2, 0) is 4.79 Å². The zero-order chi connectivity index (χ0) is 9.14. The molecule has 1 aliphatic rings. The van der Waals surface area contributed by atoms with Crippen molar-refractivity contribution in [2.24, 2.45) is 17.6 Å². The van der Waals surface area contributed by atoms with Gasteiger partial charge < -0.3 is 10.8 Å². The van der Waals surface area contributed by atoms with Crippen molar-refractivity contribution in [3.8, 4) is 0 Å². The van der Waals surface area contributed by atoms with E-state index in [1.165, 1.54) is 0 Å². The van der Waals surface area contributed by atoms with Crippen LogP contribution in [0.1, 0.15) is 32.6 Å². The van der Waals surface area contributed by atoms with Gasteiger partial charge in [0.2, 0.25) is 5.91 Å². The van der Waals surface area contributed by atoms with Gasteiger partial charge >= 0.3 is 0 Å². The lowest BCUT2D eigenvalue weighted by Gasteiger charge is -2.28. The number of nitrogens with two attached hydrogens (primary N) is 1. The summed E-state index contributed by atoms with van der Waals surface area (Å²) < 4.78 is 0. The van der Waals surface area contributed by atoms with Crippen molar-refractivity contribution in [1.29, 1.82) is 0 Å². The van der Waals surface area contributed by atoms with E-state index in [9.17, 15) is 9.90 Å². The maximum absolute atomic E-state index is 10.8. The molecule has 3 nitrogen and oxygen atoms in total. The normalized spacial score (nSPS) is 32.8. The average Bonchev–Trinajstić information content (AvgIpc) is 2.04. The largest absolute Gasteiger partial charge is 0.393 e. The second kappa shape index (κ2) is 3.90. The topological polar surface area (TPSA) is 63.3 Å². The monoisotopic (exact) mass is 171 g/mol. The summed E-state index contributed by atoms with van der Waals surface area (Å²) >= 11 is 0. The number of rotatable bonds is 2. The highest BCUT2D eigenvalue weighted by Crippen LogP contribution is 2.29. The molecule has 0 radical (unpaired) electrons. The van der Waals surface area contributed by atoms with Gasteiger partial charge in [-0.3, -0.25) is 4.79 Å². The third kappa shape index (κ3) is 2.21. The molecule has 0 bridgehead atoms. The van der Waals surface area contributed by atoms with Gasteiger partial charge in [-0.05, 0) is 31.6 Å². The van der Waals surface area contributed by atoms with Crippen molar-refractivity contribution < 1.29 is 9.90 Å². The molecule has 0 heterocycles. The lowest BCUT2D eigenvalue weighted by molar-refractivity contribution is -0.123. The summed E-state index contributed by atoms with van der Waals surface area (Å²) in [4.78, 5) is 10.8. The van der Waals surface area contributed by atoms with E-state index in [1.807, 2.05) is 6.92 Å². The zero-order valence-electron chi connectivity index (χ0n) is 7.49. The first-order chi connectivity index (χ1) is 5.61. The summed E-state index contributed by atoms with van der Waals surface area (Å²) in [5, 5.41) is 9.23. The maximum Gasteiger partial charge on any atom is 0.220 e. The van der Waals surface area contributed by atoms with Crippen molar-refractivity contribution in [3.63, 3.8) is 0 Å². The fraction of sp³-hybridized carbons (Fsp3) is 0.889. The molecular weight excluding hydrogens is 154 g/mol. The predicted octanol–water partition coefficient (Wildman–Crippen LogP) is 0.659. The summed E-state index contributed by atoms with van der Waals surface area (Å²) in [6.07, 6.45) is 3.36. The van der Waals surface area contributed by atoms with Crippen LogP contribution in [0.3, 0.4) is 0 Å². The Morgan fingerprint density at radius 3 is 2.33 bits per heavy atom. The Morgan fingerprint density at radius 2 is 1.92 bits per heavy atom. The second-order valence-electron chi connectivity index (χ2n) is 3.76. The molecule has 12 heavy (non-hydrogen) atoms. The Labute approximate surface area is 72.9 Å². The molecule has 0 saturated heterocycles. The van der Waals surface area contributed by atoms with E-state index in [1.54, 1.807) is 0 Å². The summed E-state index contributed by atoms with van der Waals surface area (Å²) in [5.41, 5.74) is 5.20. The lowest BCUT2D eigenvalue weighted by Crippen LogP contribution is -2.31. The minimum Gasteiger partial charge on any atom is -0.393 e. The van der Waals surface area contributed by atoms with Crippen molar-refractivity contribution >= 4 is 5.91 Å². The minimum absolute atomic E-state index is 0.0301. The van der Waals surface area contributed by atoms with Gasteiger partial charge in [-0.2, -0.15) is 0 Å². The lowest BCUT2D eigenvalue weighted by atomic mass is 9.79. The van der Waals surface area contributed by atoms with E-state index < -0.39 is 0 Å². The molecule has 0 spiro atoms. The van der Waals surface area contributed by atoms with Gasteiger partial charge in [0.1, 0.15) is 0 Å². The molecule has 1 aliphatic carbocycles. The van der Waals surface area contributed by atoms with Crippen LogP contribution >= 0.6 is 0 Å². The Hall–Kier alpha value is -0.570. The maximum atomic E-state index is 10.8. The Bertz CT molecular complexity index is 162. The van der Waals surface area contributed by atoms with Crippen LogP contribution in [0.15, 0.2) is 0 Å². The van der Waals surface area contributed by atoms with E-state index >= 15 is 0 Å². The summed E-state index contributed by atoms with van der Waals surface area (Å²) in [6, 6.07) is 0. The quantitative estimate of drug-likeness (QED) is 0.641. The molecule has 1 amide bonds. The predicted molar refractivity (Wildman–Crippen MR) is 46.3 cm³/mol. The third-order valence-electron chi connectivity index (χ3n) is 2.90. The van der Waals surface area contributed by atoms with E-state index in [2.05, 4.69) is 0 Å². The number of hydrogen-bond acceptors (Lipinski definition) is 2. The molecule has 1 unspecified atom stereocenters. The first-order valence-electron chi connectivity index (χ1n) is 4.58. The number of carbonyl (C=O) groups excluding carboxylic acids is 1. The van der Waals surface area contributed by atoms with Crippen LogP contribution < -0.4 is 5.73 Å². The van der Waals surface area contributed by atoms with Crippen molar-refractivity contribution in [2.45, 2.75) is 38.7 Å². The Morgan fingerprint density at radius 1 is 1.42 bits per heavy atom. The van der Waals surface area contributed by atoms with E-state index in [0.29, 0.717) is 5.92 Å². The van der Waals surface area contributed by atoms with Gasteiger partial charge in [0.25, 0.3) is 0 Å². The van der Waals surface area contributed by atoms with Gasteiger partial charge in [-0.15, -0.1) is 0 Å². The molecular formula is C9H17NO2. The summed E-state index contributed by atoms with van der Waals surface area (Å²) in [6.45, 7) is 1.88. The van der Waals surface area contributed by atoms with Crippen LogP contribution in [0, 0.1) is 11.8 Å². The molecule has 1 saturated carbocycles. The second-order valence-corrected chi connectivity index (χ2v) is 3.76. The zero-order valence-corrected chi connectivity index (χ0v) is 7.49. The molecule has 3 N–H and O–H groups in total. The highest BCUT2D eigenvalue weighted by Gasteiger charge is 2.26. The molecule has 70 valence electrons. The standard InChI is InChI=1S/C9H17NO2/c1-6(9(10)12)7-2-4-8(11)5-3-7/h6-8,11H,2-5H2,1H3,(H2,10,12)/t6?,7-,8-. The number of carbonyl (C=O) groups is 1. The van der Waals surface area contributed by atoms with E-state index in [4.69, 9.17) is 5.73 Å². The van der Waals surface area contributed by atoms with Crippen LogP contribution in [0.4, 0.5) is 0 Å². The molecule has 0 aromatic carbocycles.